The number of halogens is 1. The summed E-state index contributed by atoms with van der Waals surface area (Å²) in [6, 6.07) is 14.6. The molecule has 1 aliphatic rings. The van der Waals surface area contributed by atoms with Crippen molar-refractivity contribution in [3.63, 3.8) is 0 Å². The van der Waals surface area contributed by atoms with Crippen molar-refractivity contribution < 1.29 is 9.53 Å². The van der Waals surface area contributed by atoms with E-state index in [2.05, 4.69) is 43.3 Å². The number of carbonyl (C=O) groups is 1. The molecule has 1 aliphatic heterocycles. The minimum absolute atomic E-state index is 0.0878. The molecule has 0 aliphatic carbocycles. The van der Waals surface area contributed by atoms with E-state index in [-0.39, 0.29) is 3.79 Å². The lowest BCUT2D eigenvalue weighted by Gasteiger charge is -2.09. The fourth-order valence-corrected chi connectivity index (χ4v) is 2.83. The lowest BCUT2D eigenvalue weighted by Crippen LogP contribution is -1.99. The van der Waals surface area contributed by atoms with Crippen LogP contribution >= 0.6 is 22.6 Å². The van der Waals surface area contributed by atoms with Crippen molar-refractivity contribution in [2.24, 2.45) is 0 Å². The van der Waals surface area contributed by atoms with Crippen molar-refractivity contribution in [1.82, 2.24) is 0 Å². The first-order valence-corrected chi connectivity index (χ1v) is 7.95. The normalized spacial score (nSPS) is 13.7. The highest BCUT2D eigenvalue weighted by atomic mass is 127. The van der Waals surface area contributed by atoms with Gasteiger partial charge in [0.25, 0.3) is 0 Å². The zero-order valence-electron chi connectivity index (χ0n) is 11.7. The topological polar surface area (TPSA) is 26.3 Å². The quantitative estimate of drug-likeness (QED) is 0.545. The van der Waals surface area contributed by atoms with E-state index in [1.807, 2.05) is 34.7 Å². The Balaban J connectivity index is 2.05. The Morgan fingerprint density at radius 2 is 1.81 bits per heavy atom. The Morgan fingerprint density at radius 3 is 2.52 bits per heavy atom. The highest BCUT2D eigenvalue weighted by Crippen LogP contribution is 2.31. The van der Waals surface area contributed by atoms with Gasteiger partial charge in [-0.05, 0) is 36.3 Å². The molecule has 3 heteroatoms. The summed E-state index contributed by atoms with van der Waals surface area (Å²) in [6.45, 7) is 2.63. The number of hydrogen-bond donors (Lipinski definition) is 0. The summed E-state index contributed by atoms with van der Waals surface area (Å²) < 4.78 is 5.82. The molecule has 2 aromatic rings. The van der Waals surface area contributed by atoms with Gasteiger partial charge in [0.2, 0.25) is 3.79 Å². The molecule has 1 heterocycles. The molecule has 0 saturated carbocycles. The summed E-state index contributed by atoms with van der Waals surface area (Å²) in [5.74, 6) is 0.846. The third-order valence-electron chi connectivity index (χ3n) is 3.61. The summed E-state index contributed by atoms with van der Waals surface area (Å²) in [5.41, 5.74) is 5.34. The first-order valence-electron chi connectivity index (χ1n) is 6.88. The third-order valence-corrected chi connectivity index (χ3v) is 4.30. The minimum atomic E-state index is 0.0878. The zero-order valence-corrected chi connectivity index (χ0v) is 13.9. The number of aryl methyl sites for hydroxylation is 1. The number of hydrogen-bond acceptors (Lipinski definition) is 2. The molecule has 0 aromatic heterocycles. The van der Waals surface area contributed by atoms with Gasteiger partial charge in [-0.2, -0.15) is 0 Å². The predicted octanol–water partition coefficient (Wildman–Crippen LogP) is 4.79. The van der Waals surface area contributed by atoms with E-state index >= 15 is 0 Å². The van der Waals surface area contributed by atoms with Crippen LogP contribution in [0.25, 0.3) is 17.2 Å². The van der Waals surface area contributed by atoms with Gasteiger partial charge in [0, 0.05) is 40.1 Å². The number of fused-ring (bicyclic) bond motifs is 1. The minimum Gasteiger partial charge on any atom is -0.493 e. The van der Waals surface area contributed by atoms with Crippen LogP contribution < -0.4 is 4.74 Å². The van der Waals surface area contributed by atoms with Crippen molar-refractivity contribution >= 4 is 32.5 Å². The van der Waals surface area contributed by atoms with Crippen molar-refractivity contribution in [1.29, 1.82) is 0 Å². The van der Waals surface area contributed by atoms with Crippen molar-refractivity contribution in [2.45, 2.75) is 13.3 Å². The Kier molecular flexibility index (Phi) is 4.10. The molecule has 0 saturated heterocycles. The van der Waals surface area contributed by atoms with Crippen LogP contribution in [-0.2, 0) is 4.79 Å². The van der Waals surface area contributed by atoms with Gasteiger partial charge in [-0.1, -0.05) is 35.9 Å². The molecule has 0 unspecified atom stereocenters. The Labute approximate surface area is 138 Å². The smallest absolute Gasteiger partial charge is 0.218 e. The second-order valence-electron chi connectivity index (χ2n) is 5.16. The highest BCUT2D eigenvalue weighted by Gasteiger charge is 2.14. The fourth-order valence-electron chi connectivity index (χ4n) is 2.40. The lowest BCUT2D eigenvalue weighted by molar-refractivity contribution is -0.106. The van der Waals surface area contributed by atoms with Gasteiger partial charge in [0.15, 0.2) is 0 Å². The van der Waals surface area contributed by atoms with E-state index in [9.17, 15) is 4.79 Å². The maximum Gasteiger partial charge on any atom is 0.218 e. The summed E-state index contributed by atoms with van der Waals surface area (Å²) in [7, 11) is 0. The van der Waals surface area contributed by atoms with E-state index in [4.69, 9.17) is 4.74 Å². The molecule has 2 nitrogen and oxygen atoms in total. The maximum absolute atomic E-state index is 11.6. The molecule has 0 spiro atoms. The van der Waals surface area contributed by atoms with Crippen molar-refractivity contribution in [3.8, 4) is 16.9 Å². The summed E-state index contributed by atoms with van der Waals surface area (Å²) in [4.78, 5) is 11.6. The molecule has 21 heavy (non-hydrogen) atoms. The van der Waals surface area contributed by atoms with Crippen LogP contribution in [0.15, 0.2) is 48.0 Å². The van der Waals surface area contributed by atoms with Gasteiger partial charge < -0.3 is 4.74 Å². The van der Waals surface area contributed by atoms with Gasteiger partial charge in [0.05, 0.1) is 6.61 Å². The van der Waals surface area contributed by atoms with Gasteiger partial charge in [-0.3, -0.25) is 4.79 Å². The number of ether oxygens (including phenoxy) is 1. The second kappa shape index (κ2) is 6.02. The monoisotopic (exact) mass is 390 g/mol. The zero-order chi connectivity index (χ0) is 14.8. The number of benzene rings is 2. The predicted molar refractivity (Wildman–Crippen MR) is 93.7 cm³/mol. The summed E-state index contributed by atoms with van der Waals surface area (Å²) in [5, 5.41) is 0. The van der Waals surface area contributed by atoms with Crippen molar-refractivity contribution in [3.05, 3.63) is 59.2 Å². The number of carbonyl (C=O) groups excluding carboxylic acids is 1. The van der Waals surface area contributed by atoms with Crippen LogP contribution in [-0.4, -0.2) is 10.4 Å². The summed E-state index contributed by atoms with van der Waals surface area (Å²) in [6.07, 6.45) is 2.62. The van der Waals surface area contributed by atoms with Crippen LogP contribution in [0.4, 0.5) is 0 Å². The largest absolute Gasteiger partial charge is 0.493 e. The molecule has 0 atom stereocenters. The maximum atomic E-state index is 11.6. The molecular weight excluding hydrogens is 375 g/mol. The van der Waals surface area contributed by atoms with Gasteiger partial charge in [0.1, 0.15) is 5.75 Å². The molecule has 0 amide bonds. The van der Waals surface area contributed by atoms with Gasteiger partial charge >= 0.3 is 0 Å². The van der Waals surface area contributed by atoms with E-state index in [0.717, 1.165) is 22.4 Å². The molecule has 2 aromatic carbocycles. The SMILES string of the molecule is Cc1ccc(-c2ccc3c(c2)C=C(C(=O)I)CCO3)cc1. The third kappa shape index (κ3) is 3.18. The molecule has 3 rings (SSSR count). The molecule has 0 N–H and O–H groups in total. The molecule has 0 radical (unpaired) electrons. The van der Waals surface area contributed by atoms with Gasteiger partial charge in [-0.25, -0.2) is 0 Å². The molecule has 106 valence electrons. The standard InChI is InChI=1S/C18H15IO2/c1-12-2-4-13(5-3-12)14-6-7-17-16(10-14)11-15(18(19)20)8-9-21-17/h2-7,10-11H,8-9H2,1H3. The van der Waals surface area contributed by atoms with Crippen molar-refractivity contribution in [2.75, 3.05) is 6.61 Å². The fraction of sp³-hybridized carbons (Fsp3) is 0.167. The Hall–Kier alpha value is -1.62. The lowest BCUT2D eigenvalue weighted by atomic mass is 10.0. The number of rotatable bonds is 2. The molecular formula is C18H15IO2. The first-order chi connectivity index (χ1) is 10.1. The van der Waals surface area contributed by atoms with Crippen LogP contribution in [0.2, 0.25) is 0 Å². The van der Waals surface area contributed by atoms with Crippen LogP contribution in [0, 0.1) is 6.92 Å². The van der Waals surface area contributed by atoms with Crippen LogP contribution in [0.5, 0.6) is 5.75 Å². The van der Waals surface area contributed by atoms with E-state index in [1.54, 1.807) is 0 Å². The average Bonchev–Trinajstić information content (AvgIpc) is 2.69. The summed E-state index contributed by atoms with van der Waals surface area (Å²) >= 11 is 1.84. The molecule has 0 fully saturated rings. The highest BCUT2D eigenvalue weighted by molar-refractivity contribution is 14.1. The van der Waals surface area contributed by atoms with E-state index in [0.29, 0.717) is 13.0 Å². The first kappa shape index (κ1) is 14.3. The Morgan fingerprint density at radius 1 is 1.10 bits per heavy atom. The second-order valence-corrected chi connectivity index (χ2v) is 6.14. The molecule has 0 bridgehead atoms. The Bertz CT molecular complexity index is 714. The average molecular weight is 390 g/mol. The van der Waals surface area contributed by atoms with Crippen LogP contribution in [0.3, 0.4) is 0 Å². The van der Waals surface area contributed by atoms with E-state index < -0.39 is 0 Å². The van der Waals surface area contributed by atoms with E-state index in [1.165, 1.54) is 11.1 Å². The van der Waals surface area contributed by atoms with Crippen LogP contribution in [0.1, 0.15) is 17.5 Å². The van der Waals surface area contributed by atoms with Gasteiger partial charge in [-0.15, -0.1) is 0 Å².